The molecule has 0 fully saturated rings. The van der Waals surface area contributed by atoms with Crippen molar-refractivity contribution in [2.45, 2.75) is 32.9 Å². The molecule has 0 rings (SSSR count). The molecule has 0 aromatic rings. The quantitative estimate of drug-likeness (QED) is 0.595. The second kappa shape index (κ2) is 5.68. The summed E-state index contributed by atoms with van der Waals surface area (Å²) >= 11 is 0. The summed E-state index contributed by atoms with van der Waals surface area (Å²) < 4.78 is 36.4. The SMILES string of the molecule is C=CC(C=CC)=C(CC)CC(F)(F)F. The van der Waals surface area contributed by atoms with Crippen molar-refractivity contribution in [1.82, 2.24) is 0 Å². The van der Waals surface area contributed by atoms with Crippen molar-refractivity contribution in [2.24, 2.45) is 0 Å². The van der Waals surface area contributed by atoms with E-state index in [0.29, 0.717) is 17.6 Å². The Morgan fingerprint density at radius 3 is 2.21 bits per heavy atom. The highest BCUT2D eigenvalue weighted by atomic mass is 19.4. The van der Waals surface area contributed by atoms with E-state index in [1.807, 2.05) is 0 Å². The largest absolute Gasteiger partial charge is 0.392 e. The van der Waals surface area contributed by atoms with Crippen LogP contribution >= 0.6 is 0 Å². The third-order valence-electron chi connectivity index (χ3n) is 1.81. The van der Waals surface area contributed by atoms with Gasteiger partial charge in [0.15, 0.2) is 0 Å². The van der Waals surface area contributed by atoms with Gasteiger partial charge in [-0.25, -0.2) is 0 Å². The molecule has 0 atom stereocenters. The summed E-state index contributed by atoms with van der Waals surface area (Å²) in [7, 11) is 0. The molecule has 0 spiro atoms. The van der Waals surface area contributed by atoms with Crippen LogP contribution in [0.5, 0.6) is 0 Å². The summed E-state index contributed by atoms with van der Waals surface area (Å²) in [6.45, 7) is 6.99. The lowest BCUT2D eigenvalue weighted by molar-refractivity contribution is -0.127. The molecule has 3 heteroatoms. The molecule has 0 aromatic heterocycles. The average Bonchev–Trinajstić information content (AvgIpc) is 2.09. The molecule has 0 amide bonds. The molecule has 0 bridgehead atoms. The predicted molar refractivity (Wildman–Crippen MR) is 53.0 cm³/mol. The first-order valence-electron chi connectivity index (χ1n) is 4.48. The van der Waals surface area contributed by atoms with Crippen LogP contribution in [-0.2, 0) is 0 Å². The van der Waals surface area contributed by atoms with E-state index in [2.05, 4.69) is 6.58 Å². The second-order valence-electron chi connectivity index (χ2n) is 2.91. The maximum atomic E-state index is 12.1. The van der Waals surface area contributed by atoms with Gasteiger partial charge in [-0.3, -0.25) is 0 Å². The Hall–Kier alpha value is -0.990. The van der Waals surface area contributed by atoms with Crippen LogP contribution < -0.4 is 0 Å². The van der Waals surface area contributed by atoms with Gasteiger partial charge in [0, 0.05) is 0 Å². The van der Waals surface area contributed by atoms with Gasteiger partial charge in [-0.1, -0.05) is 37.3 Å². The minimum absolute atomic E-state index is 0.380. The van der Waals surface area contributed by atoms with Crippen LogP contribution in [0.25, 0.3) is 0 Å². The van der Waals surface area contributed by atoms with Gasteiger partial charge in [0.05, 0.1) is 6.42 Å². The van der Waals surface area contributed by atoms with Crippen LogP contribution in [0.3, 0.4) is 0 Å². The summed E-state index contributed by atoms with van der Waals surface area (Å²) in [5.74, 6) is 0. The van der Waals surface area contributed by atoms with Crippen molar-refractivity contribution < 1.29 is 13.2 Å². The molecule has 0 saturated heterocycles. The van der Waals surface area contributed by atoms with Gasteiger partial charge in [0.25, 0.3) is 0 Å². The van der Waals surface area contributed by atoms with E-state index < -0.39 is 12.6 Å². The smallest absolute Gasteiger partial charge is 0.171 e. The minimum atomic E-state index is -4.14. The fourth-order valence-electron chi connectivity index (χ4n) is 1.18. The molecule has 0 aliphatic carbocycles. The maximum Gasteiger partial charge on any atom is 0.392 e. The van der Waals surface area contributed by atoms with Crippen LogP contribution in [0.15, 0.2) is 36.0 Å². The highest BCUT2D eigenvalue weighted by molar-refractivity contribution is 5.34. The Balaban J connectivity index is 4.89. The Bertz CT molecular complexity index is 244. The van der Waals surface area contributed by atoms with Crippen molar-refractivity contribution in [3.8, 4) is 0 Å². The van der Waals surface area contributed by atoms with E-state index in [4.69, 9.17) is 0 Å². The number of hydrogen-bond donors (Lipinski definition) is 0. The number of halogens is 3. The zero-order valence-corrected chi connectivity index (χ0v) is 8.49. The molecule has 0 unspecified atom stereocenters. The normalized spacial score (nSPS) is 14.4. The topological polar surface area (TPSA) is 0 Å². The van der Waals surface area contributed by atoms with Gasteiger partial charge >= 0.3 is 6.18 Å². The van der Waals surface area contributed by atoms with Gasteiger partial charge in [-0.2, -0.15) is 13.2 Å². The molecule has 0 radical (unpaired) electrons. The van der Waals surface area contributed by atoms with Crippen LogP contribution in [0.4, 0.5) is 13.2 Å². The maximum absolute atomic E-state index is 12.1. The third-order valence-corrected chi connectivity index (χ3v) is 1.81. The van der Waals surface area contributed by atoms with Crippen molar-refractivity contribution in [1.29, 1.82) is 0 Å². The fraction of sp³-hybridized carbons (Fsp3) is 0.455. The highest BCUT2D eigenvalue weighted by Crippen LogP contribution is 2.28. The van der Waals surface area contributed by atoms with E-state index in [9.17, 15) is 13.2 Å². The second-order valence-corrected chi connectivity index (χ2v) is 2.91. The van der Waals surface area contributed by atoms with Gasteiger partial charge in [-0.05, 0) is 18.9 Å². The van der Waals surface area contributed by atoms with Gasteiger partial charge in [0.1, 0.15) is 0 Å². The molecule has 0 heterocycles. The van der Waals surface area contributed by atoms with Crippen LogP contribution in [0.2, 0.25) is 0 Å². The third kappa shape index (κ3) is 4.90. The molecule has 0 aliphatic heterocycles. The van der Waals surface area contributed by atoms with E-state index >= 15 is 0 Å². The molecular weight excluding hydrogens is 189 g/mol. The van der Waals surface area contributed by atoms with Crippen molar-refractivity contribution in [2.75, 3.05) is 0 Å². The summed E-state index contributed by atoms with van der Waals surface area (Å²) in [6.07, 6.45) is 0.229. The molecule has 14 heavy (non-hydrogen) atoms. The molecule has 0 aromatic carbocycles. The fourth-order valence-corrected chi connectivity index (χ4v) is 1.18. The first kappa shape index (κ1) is 13.0. The van der Waals surface area contributed by atoms with Crippen LogP contribution in [0, 0.1) is 0 Å². The van der Waals surface area contributed by atoms with Crippen LogP contribution in [-0.4, -0.2) is 6.18 Å². The Labute approximate surface area is 82.8 Å². The van der Waals surface area contributed by atoms with Crippen molar-refractivity contribution in [3.63, 3.8) is 0 Å². The number of allylic oxidation sites excluding steroid dienone is 5. The Morgan fingerprint density at radius 2 is 1.93 bits per heavy atom. The van der Waals surface area contributed by atoms with Crippen molar-refractivity contribution in [3.05, 3.63) is 36.0 Å². The monoisotopic (exact) mass is 204 g/mol. The molecule has 0 N–H and O–H groups in total. The molecular formula is C11H15F3. The molecule has 0 saturated carbocycles. The van der Waals surface area contributed by atoms with E-state index in [-0.39, 0.29) is 0 Å². The van der Waals surface area contributed by atoms with Gasteiger partial charge in [-0.15, -0.1) is 0 Å². The van der Waals surface area contributed by atoms with Crippen LogP contribution in [0.1, 0.15) is 26.7 Å². The molecule has 0 aliphatic rings. The number of alkyl halides is 3. The summed E-state index contributed by atoms with van der Waals surface area (Å²) in [5, 5.41) is 0. The molecule has 0 nitrogen and oxygen atoms in total. The minimum Gasteiger partial charge on any atom is -0.171 e. The summed E-state index contributed by atoms with van der Waals surface area (Å²) in [4.78, 5) is 0. The first-order valence-corrected chi connectivity index (χ1v) is 4.48. The lowest BCUT2D eigenvalue weighted by Gasteiger charge is -2.11. The van der Waals surface area contributed by atoms with E-state index in [1.54, 1.807) is 26.0 Å². The summed E-state index contributed by atoms with van der Waals surface area (Å²) in [6, 6.07) is 0. The van der Waals surface area contributed by atoms with Gasteiger partial charge in [0.2, 0.25) is 0 Å². The lowest BCUT2D eigenvalue weighted by Crippen LogP contribution is -2.09. The Kier molecular flexibility index (Phi) is 5.28. The van der Waals surface area contributed by atoms with E-state index in [1.165, 1.54) is 6.08 Å². The standard InChI is InChI=1S/C11H15F3/c1-4-7-9(5-2)10(6-3)8-11(12,13)14/h4-5,7H,2,6,8H2,1,3H3. The predicted octanol–water partition coefficient (Wildman–Crippen LogP) is 4.41. The van der Waals surface area contributed by atoms with E-state index in [0.717, 1.165) is 0 Å². The first-order chi connectivity index (χ1) is 6.44. The average molecular weight is 204 g/mol. The summed E-state index contributed by atoms with van der Waals surface area (Å²) in [5.41, 5.74) is 0.956. The van der Waals surface area contributed by atoms with Gasteiger partial charge < -0.3 is 0 Å². The number of hydrogen-bond acceptors (Lipinski definition) is 0. The Morgan fingerprint density at radius 1 is 1.36 bits per heavy atom. The zero-order valence-electron chi connectivity index (χ0n) is 8.49. The highest BCUT2D eigenvalue weighted by Gasteiger charge is 2.28. The molecule has 80 valence electrons. The lowest BCUT2D eigenvalue weighted by atomic mass is 10.0. The van der Waals surface area contributed by atoms with Crippen molar-refractivity contribution >= 4 is 0 Å². The zero-order chi connectivity index (χ0) is 11.2. The number of rotatable bonds is 4.